The molecule has 1 aromatic rings. The number of carbonyl (C=O) groups excluding carboxylic acids is 1. The summed E-state index contributed by atoms with van der Waals surface area (Å²) in [7, 11) is 3.16. The standard InChI is InChI=1S/C12H17NO3S/c1-8-10(15-2)5-4-9(12(8)16-3)13-11(14)6-7-17/h4-5,17H,6-7H2,1-3H3,(H,13,14). The first-order valence-corrected chi connectivity index (χ1v) is 5.89. The minimum absolute atomic E-state index is 0.0807. The smallest absolute Gasteiger partial charge is 0.225 e. The lowest BCUT2D eigenvalue weighted by Crippen LogP contribution is -2.13. The number of ether oxygens (including phenoxy) is 2. The molecular formula is C12H17NO3S. The van der Waals surface area contributed by atoms with Gasteiger partial charge in [0, 0.05) is 12.0 Å². The van der Waals surface area contributed by atoms with Crippen LogP contribution < -0.4 is 14.8 Å². The molecule has 0 atom stereocenters. The lowest BCUT2D eigenvalue weighted by atomic mass is 10.1. The van der Waals surface area contributed by atoms with Gasteiger partial charge in [-0.3, -0.25) is 4.79 Å². The van der Waals surface area contributed by atoms with E-state index in [1.807, 2.05) is 6.92 Å². The van der Waals surface area contributed by atoms with Crippen LogP contribution in [0.25, 0.3) is 0 Å². The average molecular weight is 255 g/mol. The van der Waals surface area contributed by atoms with Gasteiger partial charge in [-0.25, -0.2) is 0 Å². The number of methoxy groups -OCH3 is 2. The summed E-state index contributed by atoms with van der Waals surface area (Å²) >= 11 is 4.01. The predicted molar refractivity (Wildman–Crippen MR) is 71.4 cm³/mol. The molecule has 0 aliphatic rings. The molecule has 17 heavy (non-hydrogen) atoms. The molecule has 5 heteroatoms. The molecule has 0 aliphatic heterocycles. The van der Waals surface area contributed by atoms with Crippen molar-refractivity contribution in [2.24, 2.45) is 0 Å². The van der Waals surface area contributed by atoms with E-state index in [-0.39, 0.29) is 5.91 Å². The minimum Gasteiger partial charge on any atom is -0.496 e. The van der Waals surface area contributed by atoms with Gasteiger partial charge in [-0.1, -0.05) is 0 Å². The van der Waals surface area contributed by atoms with Gasteiger partial charge >= 0.3 is 0 Å². The molecule has 1 N–H and O–H groups in total. The van der Waals surface area contributed by atoms with Crippen LogP contribution in [-0.4, -0.2) is 25.9 Å². The maximum absolute atomic E-state index is 11.5. The second-order valence-corrected chi connectivity index (χ2v) is 3.94. The van der Waals surface area contributed by atoms with Crippen molar-refractivity contribution >= 4 is 24.2 Å². The van der Waals surface area contributed by atoms with E-state index in [1.54, 1.807) is 26.4 Å². The van der Waals surface area contributed by atoms with Crippen molar-refractivity contribution in [2.45, 2.75) is 13.3 Å². The molecule has 1 rings (SSSR count). The summed E-state index contributed by atoms with van der Waals surface area (Å²) in [6, 6.07) is 3.56. The normalized spacial score (nSPS) is 9.88. The zero-order valence-electron chi connectivity index (χ0n) is 10.2. The summed E-state index contributed by atoms with van der Waals surface area (Å²) in [4.78, 5) is 11.5. The second kappa shape index (κ2) is 6.39. The first-order chi connectivity index (χ1) is 8.13. The maximum atomic E-state index is 11.5. The third-order valence-corrected chi connectivity index (χ3v) is 2.62. The quantitative estimate of drug-likeness (QED) is 0.793. The Hall–Kier alpha value is -1.36. The summed E-state index contributed by atoms with van der Waals surface area (Å²) < 4.78 is 10.5. The Kier molecular flexibility index (Phi) is 5.15. The highest BCUT2D eigenvalue weighted by atomic mass is 32.1. The molecule has 0 aromatic heterocycles. The van der Waals surface area contributed by atoms with Crippen LogP contribution in [0.4, 0.5) is 5.69 Å². The van der Waals surface area contributed by atoms with Gasteiger partial charge in [-0.05, 0) is 24.8 Å². The Labute approximate surface area is 107 Å². The SMILES string of the molecule is COc1ccc(NC(=O)CCS)c(OC)c1C. The van der Waals surface area contributed by atoms with Gasteiger partial charge < -0.3 is 14.8 Å². The summed E-state index contributed by atoms with van der Waals surface area (Å²) in [5.41, 5.74) is 1.51. The molecule has 1 aromatic carbocycles. The van der Waals surface area contributed by atoms with Crippen molar-refractivity contribution in [3.63, 3.8) is 0 Å². The number of rotatable bonds is 5. The molecule has 0 saturated heterocycles. The molecule has 4 nitrogen and oxygen atoms in total. The molecule has 94 valence electrons. The van der Waals surface area contributed by atoms with E-state index in [2.05, 4.69) is 17.9 Å². The molecular weight excluding hydrogens is 238 g/mol. The zero-order chi connectivity index (χ0) is 12.8. The van der Waals surface area contributed by atoms with Crippen molar-refractivity contribution in [1.82, 2.24) is 0 Å². The van der Waals surface area contributed by atoms with Crippen molar-refractivity contribution in [3.05, 3.63) is 17.7 Å². The van der Waals surface area contributed by atoms with E-state index in [1.165, 1.54) is 0 Å². The van der Waals surface area contributed by atoms with Gasteiger partial charge in [0.1, 0.15) is 11.5 Å². The van der Waals surface area contributed by atoms with Crippen LogP contribution in [0.2, 0.25) is 0 Å². The van der Waals surface area contributed by atoms with E-state index in [9.17, 15) is 4.79 Å². The average Bonchev–Trinajstić information content (AvgIpc) is 2.30. The molecule has 0 fully saturated rings. The van der Waals surface area contributed by atoms with Crippen molar-refractivity contribution in [3.8, 4) is 11.5 Å². The topological polar surface area (TPSA) is 47.6 Å². The first-order valence-electron chi connectivity index (χ1n) is 5.26. The Morgan fingerprint density at radius 3 is 2.59 bits per heavy atom. The third kappa shape index (κ3) is 3.30. The van der Waals surface area contributed by atoms with E-state index in [4.69, 9.17) is 9.47 Å². The highest BCUT2D eigenvalue weighted by Crippen LogP contribution is 2.34. The summed E-state index contributed by atoms with van der Waals surface area (Å²) in [5.74, 6) is 1.79. The Morgan fingerprint density at radius 2 is 2.06 bits per heavy atom. The number of amides is 1. The van der Waals surface area contributed by atoms with Gasteiger partial charge in [-0.2, -0.15) is 12.6 Å². The number of thiol groups is 1. The maximum Gasteiger partial charge on any atom is 0.225 e. The van der Waals surface area contributed by atoms with E-state index in [0.29, 0.717) is 23.6 Å². The van der Waals surface area contributed by atoms with E-state index in [0.717, 1.165) is 11.3 Å². The van der Waals surface area contributed by atoms with Crippen LogP contribution in [0.3, 0.4) is 0 Å². The number of carbonyl (C=O) groups is 1. The lowest BCUT2D eigenvalue weighted by Gasteiger charge is -2.14. The fourth-order valence-corrected chi connectivity index (χ4v) is 1.77. The number of hydrogen-bond donors (Lipinski definition) is 2. The van der Waals surface area contributed by atoms with Crippen LogP contribution >= 0.6 is 12.6 Å². The monoisotopic (exact) mass is 255 g/mol. The van der Waals surface area contributed by atoms with E-state index < -0.39 is 0 Å². The number of anilines is 1. The highest BCUT2D eigenvalue weighted by molar-refractivity contribution is 7.80. The molecule has 0 radical (unpaired) electrons. The third-order valence-electron chi connectivity index (χ3n) is 2.39. The van der Waals surface area contributed by atoms with Crippen LogP contribution in [0.1, 0.15) is 12.0 Å². The van der Waals surface area contributed by atoms with Gasteiger partial charge in [0.15, 0.2) is 0 Å². The highest BCUT2D eigenvalue weighted by Gasteiger charge is 2.12. The molecule has 0 bridgehead atoms. The predicted octanol–water partition coefficient (Wildman–Crippen LogP) is 2.27. The largest absolute Gasteiger partial charge is 0.496 e. The number of hydrogen-bond acceptors (Lipinski definition) is 4. The molecule has 0 saturated carbocycles. The Balaban J connectivity index is 3.00. The van der Waals surface area contributed by atoms with Crippen molar-refractivity contribution in [1.29, 1.82) is 0 Å². The van der Waals surface area contributed by atoms with E-state index >= 15 is 0 Å². The molecule has 0 unspecified atom stereocenters. The first kappa shape index (κ1) is 13.7. The zero-order valence-corrected chi connectivity index (χ0v) is 11.1. The molecule has 0 heterocycles. The Bertz CT molecular complexity index is 407. The van der Waals surface area contributed by atoms with Crippen LogP contribution in [0.15, 0.2) is 12.1 Å². The van der Waals surface area contributed by atoms with Crippen LogP contribution in [0, 0.1) is 6.92 Å². The van der Waals surface area contributed by atoms with Crippen molar-refractivity contribution < 1.29 is 14.3 Å². The lowest BCUT2D eigenvalue weighted by molar-refractivity contribution is -0.115. The molecule has 0 spiro atoms. The van der Waals surface area contributed by atoms with Gasteiger partial charge in [0.2, 0.25) is 5.91 Å². The second-order valence-electron chi connectivity index (χ2n) is 3.50. The Morgan fingerprint density at radius 1 is 1.35 bits per heavy atom. The van der Waals surface area contributed by atoms with Crippen LogP contribution in [0.5, 0.6) is 11.5 Å². The number of benzene rings is 1. The van der Waals surface area contributed by atoms with Crippen LogP contribution in [-0.2, 0) is 4.79 Å². The van der Waals surface area contributed by atoms with Crippen molar-refractivity contribution in [2.75, 3.05) is 25.3 Å². The molecule has 1 amide bonds. The summed E-state index contributed by atoms with van der Waals surface area (Å²) in [6.45, 7) is 1.88. The summed E-state index contributed by atoms with van der Waals surface area (Å²) in [5, 5.41) is 2.79. The fraction of sp³-hybridized carbons (Fsp3) is 0.417. The summed E-state index contributed by atoms with van der Waals surface area (Å²) in [6.07, 6.45) is 0.372. The molecule has 0 aliphatic carbocycles. The van der Waals surface area contributed by atoms with Gasteiger partial charge in [-0.15, -0.1) is 0 Å². The minimum atomic E-state index is -0.0807. The van der Waals surface area contributed by atoms with Gasteiger partial charge in [0.25, 0.3) is 0 Å². The van der Waals surface area contributed by atoms with Gasteiger partial charge in [0.05, 0.1) is 19.9 Å². The number of nitrogens with one attached hydrogen (secondary N) is 1. The fourth-order valence-electron chi connectivity index (χ4n) is 1.57.